The molecule has 152 valence electrons. The van der Waals surface area contributed by atoms with Crippen LogP contribution in [-0.2, 0) is 14.3 Å². The summed E-state index contributed by atoms with van der Waals surface area (Å²) in [5.74, 6) is -1.42. The molecule has 1 heterocycles. The number of benzene rings is 2. The van der Waals surface area contributed by atoms with Crippen LogP contribution in [0.3, 0.4) is 0 Å². The molecule has 0 spiro atoms. The fraction of sp³-hybridized carbons (Fsp3) is 0.318. The number of urea groups is 1. The maximum Gasteiger partial charge on any atom is 0.338 e. The van der Waals surface area contributed by atoms with Crippen LogP contribution >= 0.6 is 0 Å². The lowest BCUT2D eigenvalue weighted by Gasteiger charge is -2.35. The molecule has 0 bridgehead atoms. The molecule has 2 amide bonds. The van der Waals surface area contributed by atoms with Crippen molar-refractivity contribution in [1.82, 2.24) is 10.2 Å². The highest BCUT2D eigenvalue weighted by Crippen LogP contribution is 2.33. The van der Waals surface area contributed by atoms with E-state index in [0.29, 0.717) is 11.3 Å². The molecule has 29 heavy (non-hydrogen) atoms. The molecule has 2 N–H and O–H groups in total. The number of carboxylic acids is 1. The first kappa shape index (κ1) is 20.4. The molecule has 0 aromatic heterocycles. The predicted octanol–water partition coefficient (Wildman–Crippen LogP) is 3.61. The zero-order valence-corrected chi connectivity index (χ0v) is 16.5. The fourth-order valence-electron chi connectivity index (χ4n) is 3.55. The maximum atomic E-state index is 12.7. The monoisotopic (exact) mass is 396 g/mol. The van der Waals surface area contributed by atoms with Crippen molar-refractivity contribution in [3.05, 3.63) is 59.3 Å². The van der Waals surface area contributed by atoms with E-state index in [1.165, 1.54) is 4.90 Å². The third-order valence-electron chi connectivity index (χ3n) is 4.97. The van der Waals surface area contributed by atoms with Crippen LogP contribution in [0, 0.1) is 0 Å². The summed E-state index contributed by atoms with van der Waals surface area (Å²) in [7, 11) is 0. The molecule has 2 aromatic rings. The van der Waals surface area contributed by atoms with Crippen LogP contribution in [0.2, 0.25) is 0 Å². The molecule has 0 unspecified atom stereocenters. The molecule has 0 saturated carbocycles. The van der Waals surface area contributed by atoms with Crippen molar-refractivity contribution in [2.75, 3.05) is 13.2 Å². The van der Waals surface area contributed by atoms with Crippen molar-refractivity contribution in [2.24, 2.45) is 0 Å². The smallest absolute Gasteiger partial charge is 0.338 e. The minimum Gasteiger partial charge on any atom is -0.481 e. The average molecular weight is 396 g/mol. The Morgan fingerprint density at radius 2 is 1.90 bits per heavy atom. The Kier molecular flexibility index (Phi) is 6.16. The number of rotatable bonds is 7. The van der Waals surface area contributed by atoms with E-state index in [0.717, 1.165) is 16.3 Å². The summed E-state index contributed by atoms with van der Waals surface area (Å²) in [4.78, 5) is 37.7. The molecule has 0 aliphatic carbocycles. The number of nitrogens with one attached hydrogen (secondary N) is 1. The lowest BCUT2D eigenvalue weighted by molar-refractivity contribution is -0.139. The summed E-state index contributed by atoms with van der Waals surface area (Å²) in [6.45, 7) is 3.84. The van der Waals surface area contributed by atoms with Gasteiger partial charge in [-0.15, -0.1) is 0 Å². The second-order valence-electron chi connectivity index (χ2n) is 6.86. The van der Waals surface area contributed by atoms with Crippen molar-refractivity contribution in [3.8, 4) is 0 Å². The second-order valence-corrected chi connectivity index (χ2v) is 6.86. The molecule has 7 heteroatoms. The Hall–Kier alpha value is -3.35. The largest absolute Gasteiger partial charge is 0.481 e. The lowest BCUT2D eigenvalue weighted by Crippen LogP contribution is -2.48. The van der Waals surface area contributed by atoms with Crippen molar-refractivity contribution in [2.45, 2.75) is 32.7 Å². The normalized spacial score (nSPS) is 16.7. The number of esters is 1. The van der Waals surface area contributed by atoms with Gasteiger partial charge in [0.25, 0.3) is 0 Å². The number of nitrogens with zero attached hydrogens (tertiary/aromatic N) is 1. The molecule has 1 aliphatic rings. The van der Waals surface area contributed by atoms with Crippen LogP contribution in [0.5, 0.6) is 0 Å². The van der Waals surface area contributed by atoms with E-state index in [4.69, 9.17) is 9.84 Å². The highest BCUT2D eigenvalue weighted by atomic mass is 16.5. The van der Waals surface area contributed by atoms with Crippen LogP contribution in [-0.4, -0.2) is 41.1 Å². The summed E-state index contributed by atoms with van der Waals surface area (Å²) in [5.41, 5.74) is 1.62. The van der Waals surface area contributed by atoms with E-state index in [1.807, 2.05) is 42.5 Å². The Morgan fingerprint density at radius 1 is 1.17 bits per heavy atom. The standard InChI is InChI=1S/C22H24N2O5/c1-3-29-21(27)19-14(2)24(12-6-9-18(25)26)22(28)23-20(19)17-11-10-15-7-4-5-8-16(15)13-17/h4-5,7-8,10-11,13,20H,3,6,9,12H2,1-2H3,(H,23,28)(H,25,26)/t20-/m1/s1. The van der Waals surface area contributed by atoms with Gasteiger partial charge in [0.15, 0.2) is 0 Å². The van der Waals surface area contributed by atoms with E-state index in [2.05, 4.69) is 5.32 Å². The van der Waals surface area contributed by atoms with Gasteiger partial charge in [-0.1, -0.05) is 36.4 Å². The Balaban J connectivity index is 2.00. The Bertz CT molecular complexity index is 982. The summed E-state index contributed by atoms with van der Waals surface area (Å²) >= 11 is 0. The average Bonchev–Trinajstić information content (AvgIpc) is 2.69. The third-order valence-corrected chi connectivity index (χ3v) is 4.97. The molecule has 1 aliphatic heterocycles. The van der Waals surface area contributed by atoms with Crippen molar-refractivity contribution in [1.29, 1.82) is 0 Å². The molecular weight excluding hydrogens is 372 g/mol. The van der Waals surface area contributed by atoms with E-state index < -0.39 is 18.0 Å². The summed E-state index contributed by atoms with van der Waals surface area (Å²) in [6.07, 6.45) is 0.233. The summed E-state index contributed by atoms with van der Waals surface area (Å²) in [5, 5.41) is 13.8. The van der Waals surface area contributed by atoms with Crippen LogP contribution in [0.15, 0.2) is 53.7 Å². The predicted molar refractivity (Wildman–Crippen MR) is 108 cm³/mol. The van der Waals surface area contributed by atoms with Crippen LogP contribution in [0.25, 0.3) is 10.8 Å². The molecular formula is C22H24N2O5. The minimum atomic E-state index is -0.927. The first-order valence-electron chi connectivity index (χ1n) is 9.58. The molecule has 2 aromatic carbocycles. The van der Waals surface area contributed by atoms with E-state index in [-0.39, 0.29) is 32.0 Å². The second kappa shape index (κ2) is 8.77. The first-order valence-corrected chi connectivity index (χ1v) is 9.58. The molecule has 1 atom stereocenters. The van der Waals surface area contributed by atoms with Crippen LogP contribution < -0.4 is 5.32 Å². The number of ether oxygens (including phenoxy) is 1. The number of aliphatic carboxylic acids is 1. The topological polar surface area (TPSA) is 95.9 Å². The van der Waals surface area contributed by atoms with Gasteiger partial charge in [0, 0.05) is 18.7 Å². The van der Waals surface area contributed by atoms with Gasteiger partial charge in [-0.3, -0.25) is 9.69 Å². The molecule has 3 rings (SSSR count). The molecule has 0 radical (unpaired) electrons. The molecule has 0 saturated heterocycles. The minimum absolute atomic E-state index is 0.0557. The van der Waals surface area contributed by atoms with Crippen molar-refractivity contribution < 1.29 is 24.2 Å². The van der Waals surface area contributed by atoms with Gasteiger partial charge in [0.2, 0.25) is 0 Å². The van der Waals surface area contributed by atoms with E-state index >= 15 is 0 Å². The number of carboxylic acid groups (broad SMARTS) is 1. The van der Waals surface area contributed by atoms with Gasteiger partial charge in [0.1, 0.15) is 0 Å². The molecule has 7 nitrogen and oxygen atoms in total. The van der Waals surface area contributed by atoms with Crippen LogP contribution in [0.4, 0.5) is 4.79 Å². The van der Waals surface area contributed by atoms with Crippen molar-refractivity contribution in [3.63, 3.8) is 0 Å². The van der Waals surface area contributed by atoms with Crippen molar-refractivity contribution >= 4 is 28.7 Å². The lowest BCUT2D eigenvalue weighted by atomic mass is 9.93. The number of hydrogen-bond donors (Lipinski definition) is 2. The third kappa shape index (κ3) is 4.39. The van der Waals surface area contributed by atoms with Gasteiger partial charge in [-0.2, -0.15) is 0 Å². The highest BCUT2D eigenvalue weighted by molar-refractivity contribution is 5.95. The highest BCUT2D eigenvalue weighted by Gasteiger charge is 2.36. The van der Waals surface area contributed by atoms with Gasteiger partial charge < -0.3 is 15.2 Å². The number of carbonyl (C=O) groups excluding carboxylic acids is 2. The zero-order valence-electron chi connectivity index (χ0n) is 16.5. The summed E-state index contributed by atoms with van der Waals surface area (Å²) in [6, 6.07) is 12.6. The Labute approximate surface area is 168 Å². The summed E-state index contributed by atoms with van der Waals surface area (Å²) < 4.78 is 5.25. The van der Waals surface area contributed by atoms with Gasteiger partial charge >= 0.3 is 18.0 Å². The number of amides is 2. The first-order chi connectivity index (χ1) is 13.9. The van der Waals surface area contributed by atoms with Gasteiger partial charge in [-0.05, 0) is 42.7 Å². The number of hydrogen-bond acceptors (Lipinski definition) is 4. The van der Waals surface area contributed by atoms with E-state index in [9.17, 15) is 14.4 Å². The van der Waals surface area contributed by atoms with Gasteiger partial charge in [-0.25, -0.2) is 9.59 Å². The quantitative estimate of drug-likeness (QED) is 0.697. The zero-order chi connectivity index (χ0) is 21.0. The number of allylic oxidation sites excluding steroid dienone is 1. The maximum absolute atomic E-state index is 12.7. The van der Waals surface area contributed by atoms with Crippen LogP contribution in [0.1, 0.15) is 38.3 Å². The molecule has 0 fully saturated rings. The fourth-order valence-corrected chi connectivity index (χ4v) is 3.55. The van der Waals surface area contributed by atoms with Gasteiger partial charge in [0.05, 0.1) is 18.2 Å². The SMILES string of the molecule is CCOC(=O)C1=C(C)N(CCCC(=O)O)C(=O)N[C@@H]1c1ccc2ccccc2c1. The number of carbonyl (C=O) groups is 3. The Morgan fingerprint density at radius 3 is 2.59 bits per heavy atom. The number of fused-ring (bicyclic) bond motifs is 1. The van der Waals surface area contributed by atoms with E-state index in [1.54, 1.807) is 13.8 Å².